The number of rotatable bonds is 9. The van der Waals surface area contributed by atoms with Gasteiger partial charge in [-0.25, -0.2) is 9.79 Å². The second-order valence-corrected chi connectivity index (χ2v) is 11.8. The van der Waals surface area contributed by atoms with Crippen LogP contribution in [0.5, 0.6) is 17.2 Å². The minimum Gasteiger partial charge on any atom is -0.497 e. The van der Waals surface area contributed by atoms with Gasteiger partial charge in [0.05, 0.1) is 41.1 Å². The van der Waals surface area contributed by atoms with E-state index in [0.29, 0.717) is 49.5 Å². The van der Waals surface area contributed by atoms with Crippen molar-refractivity contribution in [3.05, 3.63) is 118 Å². The van der Waals surface area contributed by atoms with E-state index in [4.69, 9.17) is 30.5 Å². The molecule has 222 valence electrons. The van der Waals surface area contributed by atoms with E-state index in [2.05, 4.69) is 20.9 Å². The third kappa shape index (κ3) is 6.41. The van der Waals surface area contributed by atoms with Gasteiger partial charge in [0.15, 0.2) is 4.80 Å². The van der Waals surface area contributed by atoms with E-state index >= 15 is 0 Å². The van der Waals surface area contributed by atoms with E-state index < -0.39 is 12.0 Å². The van der Waals surface area contributed by atoms with Crippen LogP contribution in [-0.2, 0) is 16.1 Å². The summed E-state index contributed by atoms with van der Waals surface area (Å²) in [4.78, 5) is 32.4. The maximum Gasteiger partial charge on any atom is 0.338 e. The molecule has 5 rings (SSSR count). The molecule has 11 heteroatoms. The molecular weight excluding hydrogens is 656 g/mol. The third-order valence-electron chi connectivity index (χ3n) is 6.81. The predicted octanol–water partition coefficient (Wildman–Crippen LogP) is 5.81. The van der Waals surface area contributed by atoms with Gasteiger partial charge in [0.2, 0.25) is 0 Å². The molecular formula is C32H28BrClN2O6S. The van der Waals surface area contributed by atoms with Gasteiger partial charge >= 0.3 is 5.97 Å². The Balaban J connectivity index is 1.57. The largest absolute Gasteiger partial charge is 0.497 e. The fraction of sp³-hybridized carbons (Fsp3) is 0.219. The summed E-state index contributed by atoms with van der Waals surface area (Å²) in [6, 6.07) is 17.5. The standard InChI is InChI=1S/C32H28BrClN2O6S/c1-5-41-31(38)28-18(2)35-32-36(29(28)23-16-22(39-3)11-13-25(23)40-4)30(37)27(43-32)15-20-8-12-26(24(33)14-20)42-17-19-6-9-21(34)10-7-19/h6-16,29H,5,17H2,1-4H3/b27-15-/t29-/m1/s1. The molecule has 0 unspecified atom stereocenters. The Labute approximate surface area is 265 Å². The highest BCUT2D eigenvalue weighted by molar-refractivity contribution is 9.10. The molecule has 0 aliphatic carbocycles. The Morgan fingerprint density at radius 3 is 2.49 bits per heavy atom. The van der Waals surface area contributed by atoms with Gasteiger partial charge in [0, 0.05) is 10.6 Å². The van der Waals surface area contributed by atoms with Crippen molar-refractivity contribution in [3.8, 4) is 17.2 Å². The van der Waals surface area contributed by atoms with Crippen LogP contribution in [0.3, 0.4) is 0 Å². The first-order valence-electron chi connectivity index (χ1n) is 13.3. The van der Waals surface area contributed by atoms with Crippen LogP contribution in [0.4, 0.5) is 0 Å². The number of esters is 1. The predicted molar refractivity (Wildman–Crippen MR) is 170 cm³/mol. The molecule has 0 spiro atoms. The van der Waals surface area contributed by atoms with Crippen LogP contribution in [0.25, 0.3) is 6.08 Å². The second kappa shape index (κ2) is 13.2. The fourth-order valence-corrected chi connectivity index (χ4v) is 6.44. The third-order valence-corrected chi connectivity index (χ3v) is 8.66. The zero-order valence-corrected chi connectivity index (χ0v) is 27.0. The molecule has 0 N–H and O–H groups in total. The van der Waals surface area contributed by atoms with E-state index in [1.807, 2.05) is 42.5 Å². The van der Waals surface area contributed by atoms with Crippen molar-refractivity contribution < 1.29 is 23.7 Å². The Hall–Kier alpha value is -3.86. The number of carbonyl (C=O) groups excluding carboxylic acids is 1. The Morgan fingerprint density at radius 2 is 1.81 bits per heavy atom. The van der Waals surface area contributed by atoms with Crippen LogP contribution in [0.1, 0.15) is 36.6 Å². The average molecular weight is 684 g/mol. The highest BCUT2D eigenvalue weighted by Gasteiger charge is 2.35. The first-order valence-corrected chi connectivity index (χ1v) is 15.3. The lowest BCUT2D eigenvalue weighted by Crippen LogP contribution is -2.40. The lowest BCUT2D eigenvalue weighted by molar-refractivity contribution is -0.139. The fourth-order valence-electron chi connectivity index (χ4n) is 4.76. The molecule has 0 bridgehead atoms. The Morgan fingerprint density at radius 1 is 1.07 bits per heavy atom. The van der Waals surface area contributed by atoms with Crippen molar-refractivity contribution in [3.63, 3.8) is 0 Å². The maximum absolute atomic E-state index is 14.0. The number of aromatic nitrogens is 1. The number of benzene rings is 3. The van der Waals surface area contributed by atoms with E-state index in [0.717, 1.165) is 15.6 Å². The number of fused-ring (bicyclic) bond motifs is 1. The number of halogens is 2. The molecule has 0 fully saturated rings. The summed E-state index contributed by atoms with van der Waals surface area (Å²) >= 11 is 10.8. The van der Waals surface area contributed by atoms with Crippen LogP contribution in [0.2, 0.25) is 5.02 Å². The number of methoxy groups -OCH3 is 2. The molecule has 3 aromatic carbocycles. The first kappa shape index (κ1) is 30.6. The van der Waals surface area contributed by atoms with E-state index in [9.17, 15) is 9.59 Å². The van der Waals surface area contributed by atoms with Crippen LogP contribution in [0, 0.1) is 0 Å². The summed E-state index contributed by atoms with van der Waals surface area (Å²) in [6.45, 7) is 4.03. The number of ether oxygens (including phenoxy) is 4. The minimum absolute atomic E-state index is 0.177. The van der Waals surface area contributed by atoms with Crippen LogP contribution >= 0.6 is 38.9 Å². The monoisotopic (exact) mass is 682 g/mol. The summed E-state index contributed by atoms with van der Waals surface area (Å²) in [5.74, 6) is 1.16. The highest BCUT2D eigenvalue weighted by Crippen LogP contribution is 2.38. The smallest absolute Gasteiger partial charge is 0.338 e. The lowest BCUT2D eigenvalue weighted by Gasteiger charge is -2.26. The van der Waals surface area contributed by atoms with Crippen molar-refractivity contribution in [1.29, 1.82) is 0 Å². The molecule has 0 saturated heterocycles. The summed E-state index contributed by atoms with van der Waals surface area (Å²) in [7, 11) is 3.09. The van der Waals surface area contributed by atoms with Gasteiger partial charge in [-0.1, -0.05) is 41.1 Å². The lowest BCUT2D eigenvalue weighted by atomic mass is 9.94. The number of allylic oxidation sites excluding steroid dienone is 1. The summed E-state index contributed by atoms with van der Waals surface area (Å²) in [5, 5.41) is 0.667. The molecule has 1 aliphatic rings. The van der Waals surface area contributed by atoms with Gasteiger partial charge in [-0.15, -0.1) is 0 Å². The zero-order chi connectivity index (χ0) is 30.7. The number of hydrogen-bond acceptors (Lipinski definition) is 8. The highest BCUT2D eigenvalue weighted by atomic mass is 79.9. The van der Waals surface area contributed by atoms with Crippen LogP contribution in [-0.4, -0.2) is 31.4 Å². The van der Waals surface area contributed by atoms with Crippen molar-refractivity contribution in [2.45, 2.75) is 26.5 Å². The Kier molecular flexibility index (Phi) is 9.39. The van der Waals surface area contributed by atoms with Crippen molar-refractivity contribution in [2.75, 3.05) is 20.8 Å². The van der Waals surface area contributed by atoms with E-state index in [1.54, 1.807) is 45.2 Å². The van der Waals surface area contributed by atoms with Crippen molar-refractivity contribution >= 4 is 50.9 Å². The SMILES string of the molecule is CCOC(=O)C1=C(C)N=c2s/c(=C\c3ccc(OCc4ccc(Cl)cc4)c(Br)c3)c(=O)n2[C@@H]1c1cc(OC)ccc1OC. The van der Waals surface area contributed by atoms with Crippen molar-refractivity contribution in [1.82, 2.24) is 4.57 Å². The van der Waals surface area contributed by atoms with Gasteiger partial charge < -0.3 is 18.9 Å². The number of nitrogens with zero attached hydrogens (tertiary/aromatic N) is 2. The number of hydrogen-bond donors (Lipinski definition) is 0. The van der Waals surface area contributed by atoms with Gasteiger partial charge in [0.1, 0.15) is 29.9 Å². The molecule has 0 saturated carbocycles. The molecule has 0 amide bonds. The molecule has 1 aromatic heterocycles. The average Bonchev–Trinajstić information content (AvgIpc) is 3.30. The zero-order valence-electron chi connectivity index (χ0n) is 23.9. The van der Waals surface area contributed by atoms with Gasteiger partial charge in [-0.2, -0.15) is 0 Å². The van der Waals surface area contributed by atoms with Crippen molar-refractivity contribution in [2.24, 2.45) is 4.99 Å². The normalized spacial score (nSPS) is 14.7. The molecule has 0 radical (unpaired) electrons. The molecule has 1 atom stereocenters. The number of carbonyl (C=O) groups is 1. The van der Waals surface area contributed by atoms with Gasteiger partial charge in [-0.3, -0.25) is 9.36 Å². The number of thiazole rings is 1. The van der Waals surface area contributed by atoms with Gasteiger partial charge in [0.25, 0.3) is 5.56 Å². The molecule has 4 aromatic rings. The van der Waals surface area contributed by atoms with E-state index in [-0.39, 0.29) is 17.7 Å². The maximum atomic E-state index is 14.0. The first-order chi connectivity index (χ1) is 20.7. The molecule has 2 heterocycles. The summed E-state index contributed by atoms with van der Waals surface area (Å²) in [5.41, 5.74) is 2.78. The molecule has 1 aliphatic heterocycles. The topological polar surface area (TPSA) is 88.4 Å². The minimum atomic E-state index is -0.835. The summed E-state index contributed by atoms with van der Waals surface area (Å²) in [6.07, 6.45) is 1.79. The second-order valence-electron chi connectivity index (χ2n) is 9.52. The molecule has 8 nitrogen and oxygen atoms in total. The Bertz CT molecular complexity index is 1900. The quantitative estimate of drug-likeness (QED) is 0.207. The van der Waals surface area contributed by atoms with Crippen LogP contribution < -0.4 is 29.1 Å². The molecule has 43 heavy (non-hydrogen) atoms. The summed E-state index contributed by atoms with van der Waals surface area (Å²) < 4.78 is 25.2. The van der Waals surface area contributed by atoms with Gasteiger partial charge in [-0.05, 0) is 89.4 Å². The van der Waals surface area contributed by atoms with E-state index in [1.165, 1.54) is 23.0 Å². The van der Waals surface area contributed by atoms with Crippen LogP contribution in [0.15, 0.2) is 86.2 Å².